The van der Waals surface area contributed by atoms with Crippen LogP contribution in [-0.4, -0.2) is 21.2 Å². The van der Waals surface area contributed by atoms with Gasteiger partial charge < -0.3 is 14.6 Å². The second-order valence-electron chi connectivity index (χ2n) is 7.69. The highest BCUT2D eigenvalue weighted by molar-refractivity contribution is 5.68. The SMILES string of the molecule is C[C@H](NC(=O)OC(C)(C)C)c1cncn1CCC(C)(C)C. The van der Waals surface area contributed by atoms with E-state index in [0.717, 1.165) is 18.7 Å². The Labute approximate surface area is 128 Å². The summed E-state index contributed by atoms with van der Waals surface area (Å²) in [7, 11) is 0. The lowest BCUT2D eigenvalue weighted by atomic mass is 9.92. The minimum absolute atomic E-state index is 0.137. The molecule has 1 aromatic rings. The lowest BCUT2D eigenvalue weighted by Gasteiger charge is -2.23. The minimum atomic E-state index is -0.490. The zero-order chi connectivity index (χ0) is 16.3. The number of nitrogens with zero attached hydrogens (tertiary/aromatic N) is 2. The van der Waals surface area contributed by atoms with Crippen LogP contribution in [-0.2, 0) is 11.3 Å². The molecule has 0 unspecified atom stereocenters. The Kier molecular flexibility index (Phi) is 5.42. The van der Waals surface area contributed by atoms with E-state index in [2.05, 4.69) is 35.6 Å². The summed E-state index contributed by atoms with van der Waals surface area (Å²) in [6.45, 7) is 15.0. The molecule has 0 saturated carbocycles. The van der Waals surface area contributed by atoms with E-state index in [0.29, 0.717) is 0 Å². The van der Waals surface area contributed by atoms with Gasteiger partial charge in [0.15, 0.2) is 0 Å². The smallest absolute Gasteiger partial charge is 0.408 e. The van der Waals surface area contributed by atoms with Crippen LogP contribution in [0, 0.1) is 5.41 Å². The average molecular weight is 295 g/mol. The maximum atomic E-state index is 11.8. The standard InChI is InChI=1S/C16H29N3O2/c1-12(18-14(20)21-16(5,6)7)13-10-17-11-19(13)9-8-15(2,3)4/h10-12H,8-9H2,1-7H3,(H,18,20)/t12-/m0/s1. The highest BCUT2D eigenvalue weighted by Gasteiger charge is 2.20. The molecule has 1 heterocycles. The molecule has 21 heavy (non-hydrogen) atoms. The van der Waals surface area contributed by atoms with E-state index in [-0.39, 0.29) is 11.5 Å². The van der Waals surface area contributed by atoms with Crippen LogP contribution in [0.15, 0.2) is 12.5 Å². The van der Waals surface area contributed by atoms with Crippen molar-refractivity contribution in [3.8, 4) is 0 Å². The Hall–Kier alpha value is -1.52. The van der Waals surface area contributed by atoms with Gasteiger partial charge in [-0.1, -0.05) is 20.8 Å². The van der Waals surface area contributed by atoms with E-state index in [1.807, 2.05) is 34.0 Å². The number of hydrogen-bond acceptors (Lipinski definition) is 3. The number of carbonyl (C=O) groups is 1. The molecule has 0 spiro atoms. The van der Waals surface area contributed by atoms with Gasteiger partial charge in [0, 0.05) is 6.54 Å². The van der Waals surface area contributed by atoms with E-state index in [4.69, 9.17) is 4.74 Å². The number of ether oxygens (including phenoxy) is 1. The summed E-state index contributed by atoms with van der Waals surface area (Å²) in [5, 5.41) is 2.85. The van der Waals surface area contributed by atoms with Crippen LogP contribution < -0.4 is 5.32 Å². The molecule has 1 rings (SSSR count). The summed E-state index contributed by atoms with van der Waals surface area (Å²) in [4.78, 5) is 16.0. The number of hydrogen-bond donors (Lipinski definition) is 1. The number of aryl methyl sites for hydroxylation is 1. The van der Waals surface area contributed by atoms with Crippen LogP contribution in [0.1, 0.15) is 66.6 Å². The maximum Gasteiger partial charge on any atom is 0.408 e. The van der Waals surface area contributed by atoms with E-state index in [1.165, 1.54) is 0 Å². The fraction of sp³-hybridized carbons (Fsp3) is 0.750. The minimum Gasteiger partial charge on any atom is -0.444 e. The van der Waals surface area contributed by atoms with Gasteiger partial charge in [0.05, 0.1) is 24.3 Å². The number of alkyl carbamates (subject to hydrolysis) is 1. The Balaban J connectivity index is 2.65. The van der Waals surface area contributed by atoms with Gasteiger partial charge in [-0.25, -0.2) is 9.78 Å². The highest BCUT2D eigenvalue weighted by atomic mass is 16.6. The molecule has 1 amide bonds. The van der Waals surface area contributed by atoms with Crippen LogP contribution >= 0.6 is 0 Å². The molecular formula is C16H29N3O2. The van der Waals surface area contributed by atoms with Crippen LogP contribution in [0.5, 0.6) is 0 Å². The van der Waals surface area contributed by atoms with Crippen LogP contribution in [0.25, 0.3) is 0 Å². The van der Waals surface area contributed by atoms with Crippen molar-refractivity contribution in [2.75, 3.05) is 0 Å². The number of nitrogens with one attached hydrogen (secondary N) is 1. The lowest BCUT2D eigenvalue weighted by Crippen LogP contribution is -2.34. The maximum absolute atomic E-state index is 11.8. The summed E-state index contributed by atoms with van der Waals surface area (Å²) in [5.74, 6) is 0. The van der Waals surface area contributed by atoms with E-state index in [1.54, 1.807) is 6.20 Å². The highest BCUT2D eigenvalue weighted by Crippen LogP contribution is 2.21. The molecule has 120 valence electrons. The van der Waals surface area contributed by atoms with Crippen molar-refractivity contribution in [1.29, 1.82) is 0 Å². The van der Waals surface area contributed by atoms with E-state index >= 15 is 0 Å². The summed E-state index contributed by atoms with van der Waals surface area (Å²) in [6, 6.07) is -0.137. The van der Waals surface area contributed by atoms with Crippen molar-refractivity contribution in [2.45, 2.75) is 73.1 Å². The van der Waals surface area contributed by atoms with Gasteiger partial charge in [-0.2, -0.15) is 0 Å². The van der Waals surface area contributed by atoms with Crippen molar-refractivity contribution in [3.63, 3.8) is 0 Å². The third kappa shape index (κ3) is 6.65. The second kappa shape index (κ2) is 6.50. The van der Waals surface area contributed by atoms with Crippen LogP contribution in [0.2, 0.25) is 0 Å². The zero-order valence-electron chi connectivity index (χ0n) is 14.4. The monoisotopic (exact) mass is 295 g/mol. The van der Waals surface area contributed by atoms with Gasteiger partial charge in [0.25, 0.3) is 0 Å². The zero-order valence-corrected chi connectivity index (χ0v) is 14.4. The Morgan fingerprint density at radius 1 is 1.33 bits per heavy atom. The van der Waals surface area contributed by atoms with Crippen molar-refractivity contribution in [2.24, 2.45) is 5.41 Å². The number of imidazole rings is 1. The third-order valence-electron chi connectivity index (χ3n) is 3.02. The topological polar surface area (TPSA) is 56.1 Å². The number of amides is 1. The first-order valence-corrected chi connectivity index (χ1v) is 7.47. The number of rotatable bonds is 4. The molecule has 0 radical (unpaired) electrons. The van der Waals surface area contributed by atoms with Gasteiger partial charge in [-0.3, -0.25) is 0 Å². The fourth-order valence-electron chi connectivity index (χ4n) is 1.89. The Bertz CT molecular complexity index is 467. The Morgan fingerprint density at radius 2 is 1.95 bits per heavy atom. The predicted octanol–water partition coefficient (Wildman–Crippen LogP) is 3.91. The van der Waals surface area contributed by atoms with Crippen molar-refractivity contribution >= 4 is 6.09 Å². The van der Waals surface area contributed by atoms with Crippen molar-refractivity contribution < 1.29 is 9.53 Å². The number of aromatic nitrogens is 2. The molecule has 5 nitrogen and oxygen atoms in total. The molecule has 0 saturated heterocycles. The fourth-order valence-corrected chi connectivity index (χ4v) is 1.89. The molecule has 0 fully saturated rings. The Morgan fingerprint density at radius 3 is 2.48 bits per heavy atom. The molecule has 0 aliphatic carbocycles. The molecular weight excluding hydrogens is 266 g/mol. The van der Waals surface area contributed by atoms with Gasteiger partial charge in [-0.15, -0.1) is 0 Å². The molecule has 5 heteroatoms. The average Bonchev–Trinajstić information content (AvgIpc) is 2.70. The van der Waals surface area contributed by atoms with Gasteiger partial charge in [-0.05, 0) is 39.5 Å². The van der Waals surface area contributed by atoms with Crippen molar-refractivity contribution in [3.05, 3.63) is 18.2 Å². The predicted molar refractivity (Wildman–Crippen MR) is 84.1 cm³/mol. The summed E-state index contributed by atoms with van der Waals surface area (Å²) in [6.07, 6.45) is 4.26. The molecule has 1 atom stereocenters. The largest absolute Gasteiger partial charge is 0.444 e. The molecule has 0 aliphatic heterocycles. The summed E-state index contributed by atoms with van der Waals surface area (Å²) < 4.78 is 7.37. The first-order chi connectivity index (χ1) is 9.48. The van der Waals surface area contributed by atoms with E-state index in [9.17, 15) is 4.79 Å². The molecule has 0 bridgehead atoms. The molecule has 0 aliphatic rings. The summed E-state index contributed by atoms with van der Waals surface area (Å²) in [5.41, 5.74) is 0.768. The quantitative estimate of drug-likeness (QED) is 0.916. The van der Waals surface area contributed by atoms with E-state index < -0.39 is 11.7 Å². The summed E-state index contributed by atoms with van der Waals surface area (Å²) >= 11 is 0. The first kappa shape index (κ1) is 17.5. The normalized spacial score (nSPS) is 13.9. The molecule has 1 N–H and O–H groups in total. The third-order valence-corrected chi connectivity index (χ3v) is 3.02. The lowest BCUT2D eigenvalue weighted by molar-refractivity contribution is 0.0506. The van der Waals surface area contributed by atoms with Gasteiger partial charge in [0.2, 0.25) is 0 Å². The van der Waals surface area contributed by atoms with Crippen LogP contribution in [0.3, 0.4) is 0 Å². The number of carbonyl (C=O) groups excluding carboxylic acids is 1. The van der Waals surface area contributed by atoms with Gasteiger partial charge >= 0.3 is 6.09 Å². The van der Waals surface area contributed by atoms with Crippen molar-refractivity contribution in [1.82, 2.24) is 14.9 Å². The first-order valence-electron chi connectivity index (χ1n) is 7.47. The molecule has 1 aromatic heterocycles. The second-order valence-corrected chi connectivity index (χ2v) is 7.69. The van der Waals surface area contributed by atoms with Crippen LogP contribution in [0.4, 0.5) is 4.79 Å². The van der Waals surface area contributed by atoms with Gasteiger partial charge in [0.1, 0.15) is 5.60 Å². The molecule has 0 aromatic carbocycles.